The van der Waals surface area contributed by atoms with Gasteiger partial charge in [0, 0.05) is 20.1 Å². The Morgan fingerprint density at radius 3 is 2.34 bits per heavy atom. The molecule has 29 heavy (non-hydrogen) atoms. The van der Waals surface area contributed by atoms with Gasteiger partial charge in [-0.2, -0.15) is 0 Å². The Morgan fingerprint density at radius 2 is 1.69 bits per heavy atom. The van der Waals surface area contributed by atoms with Crippen LogP contribution >= 0.6 is 0 Å². The molecule has 0 radical (unpaired) electrons. The van der Waals surface area contributed by atoms with E-state index < -0.39 is 5.60 Å². The van der Waals surface area contributed by atoms with E-state index in [4.69, 9.17) is 9.47 Å². The van der Waals surface area contributed by atoms with Crippen molar-refractivity contribution >= 4 is 5.78 Å². The Hall–Kier alpha value is -0.450. The van der Waals surface area contributed by atoms with Crippen molar-refractivity contribution in [1.29, 1.82) is 0 Å². The zero-order chi connectivity index (χ0) is 20.2. The molecule has 4 fully saturated rings. The van der Waals surface area contributed by atoms with Crippen LogP contribution in [0.25, 0.3) is 0 Å². The number of ether oxygens (including phenoxy) is 2. The molecule has 0 aromatic carbocycles. The molecule has 4 heteroatoms. The highest BCUT2D eigenvalue weighted by molar-refractivity contribution is 5.79. The van der Waals surface area contributed by atoms with Gasteiger partial charge < -0.3 is 14.6 Å². The molecule has 0 aromatic rings. The van der Waals surface area contributed by atoms with Crippen molar-refractivity contribution in [1.82, 2.24) is 0 Å². The van der Waals surface area contributed by atoms with E-state index in [-0.39, 0.29) is 24.2 Å². The van der Waals surface area contributed by atoms with Crippen molar-refractivity contribution in [2.45, 2.75) is 84.7 Å². The van der Waals surface area contributed by atoms with Crippen molar-refractivity contribution in [3.63, 3.8) is 0 Å². The molecule has 0 spiro atoms. The van der Waals surface area contributed by atoms with Gasteiger partial charge in [0.15, 0.2) is 0 Å². The largest absolute Gasteiger partial charge is 0.387 e. The standard InChI is InChI=1S/C24H40O4.CH4/c1-16(25)19-7-8-20-18-6-5-17-13-23(26,14-27-3)11-12-24(17,15-28-4)21(18)9-10-22(19,20)2;/h17-21,26H,5-15H2,1-4H3;1H4/t17-,18+,19-,20+,21+,22-,23-,24-;/m1./s1. The number of hydrogen-bond donors (Lipinski definition) is 1. The molecule has 0 saturated heterocycles. The Morgan fingerprint density at radius 1 is 0.966 bits per heavy atom. The third-order valence-corrected chi connectivity index (χ3v) is 9.84. The zero-order valence-corrected chi connectivity index (χ0v) is 18.3. The third kappa shape index (κ3) is 3.51. The molecule has 4 aliphatic carbocycles. The molecule has 0 bridgehead atoms. The van der Waals surface area contributed by atoms with Crippen LogP contribution in [0.4, 0.5) is 0 Å². The molecule has 4 saturated carbocycles. The van der Waals surface area contributed by atoms with Gasteiger partial charge in [-0.05, 0) is 99.2 Å². The van der Waals surface area contributed by atoms with Crippen LogP contribution in [0.1, 0.15) is 79.1 Å². The molecule has 0 aliphatic heterocycles. The fourth-order valence-electron chi connectivity index (χ4n) is 8.74. The second-order valence-corrected chi connectivity index (χ2v) is 11.0. The molecule has 8 atom stereocenters. The van der Waals surface area contributed by atoms with Gasteiger partial charge in [0.1, 0.15) is 5.78 Å². The number of carbonyl (C=O) groups excluding carboxylic acids is 1. The second kappa shape index (κ2) is 8.24. The predicted octanol–water partition coefficient (Wildman–Crippen LogP) is 4.87. The highest BCUT2D eigenvalue weighted by Crippen LogP contribution is 2.68. The Labute approximate surface area is 178 Å². The van der Waals surface area contributed by atoms with Crippen molar-refractivity contribution in [3.8, 4) is 0 Å². The smallest absolute Gasteiger partial charge is 0.133 e. The highest BCUT2D eigenvalue weighted by atomic mass is 16.5. The van der Waals surface area contributed by atoms with Crippen LogP contribution in [0.5, 0.6) is 0 Å². The lowest BCUT2D eigenvalue weighted by Gasteiger charge is -2.62. The van der Waals surface area contributed by atoms with Gasteiger partial charge in [0.2, 0.25) is 0 Å². The van der Waals surface area contributed by atoms with Gasteiger partial charge in [-0.3, -0.25) is 4.79 Å². The first-order valence-corrected chi connectivity index (χ1v) is 11.5. The normalized spacial score (nSPS) is 48.8. The molecule has 168 valence electrons. The monoisotopic (exact) mass is 408 g/mol. The first kappa shape index (κ1) is 23.2. The summed E-state index contributed by atoms with van der Waals surface area (Å²) in [6, 6.07) is 0. The first-order chi connectivity index (χ1) is 13.3. The molecular formula is C25H44O4. The predicted molar refractivity (Wildman–Crippen MR) is 116 cm³/mol. The number of methoxy groups -OCH3 is 2. The minimum Gasteiger partial charge on any atom is -0.387 e. The molecule has 0 heterocycles. The van der Waals surface area contributed by atoms with Crippen LogP contribution in [0.2, 0.25) is 0 Å². The fourth-order valence-corrected chi connectivity index (χ4v) is 8.74. The van der Waals surface area contributed by atoms with Crippen LogP contribution in [-0.4, -0.2) is 43.9 Å². The van der Waals surface area contributed by atoms with Gasteiger partial charge in [0.05, 0.1) is 18.8 Å². The van der Waals surface area contributed by atoms with E-state index in [1.807, 2.05) is 14.0 Å². The maximum atomic E-state index is 12.3. The van der Waals surface area contributed by atoms with Crippen molar-refractivity contribution < 1.29 is 19.4 Å². The summed E-state index contributed by atoms with van der Waals surface area (Å²) in [5.74, 6) is 3.30. The quantitative estimate of drug-likeness (QED) is 0.705. The summed E-state index contributed by atoms with van der Waals surface area (Å²) in [5, 5.41) is 11.1. The lowest BCUT2D eigenvalue weighted by Crippen LogP contribution is -2.59. The maximum Gasteiger partial charge on any atom is 0.133 e. The number of hydrogen-bond acceptors (Lipinski definition) is 4. The van der Waals surface area contributed by atoms with Gasteiger partial charge in [-0.1, -0.05) is 14.4 Å². The number of fused-ring (bicyclic) bond motifs is 5. The van der Waals surface area contributed by atoms with Gasteiger partial charge in [-0.25, -0.2) is 0 Å². The number of carbonyl (C=O) groups is 1. The summed E-state index contributed by atoms with van der Waals surface area (Å²) in [6.07, 6.45) is 9.90. The van der Waals surface area contributed by atoms with Crippen LogP contribution in [0, 0.1) is 40.4 Å². The lowest BCUT2D eigenvalue weighted by molar-refractivity contribution is -0.186. The van der Waals surface area contributed by atoms with E-state index in [2.05, 4.69) is 6.92 Å². The van der Waals surface area contributed by atoms with E-state index in [9.17, 15) is 9.90 Å². The minimum atomic E-state index is -0.667. The Balaban J connectivity index is 0.00000240. The Bertz CT molecular complexity index is 606. The minimum absolute atomic E-state index is 0. The van der Waals surface area contributed by atoms with Gasteiger partial charge in [-0.15, -0.1) is 0 Å². The summed E-state index contributed by atoms with van der Waals surface area (Å²) < 4.78 is 11.2. The van der Waals surface area contributed by atoms with Crippen LogP contribution in [0.3, 0.4) is 0 Å². The molecule has 4 nitrogen and oxygen atoms in total. The first-order valence-electron chi connectivity index (χ1n) is 11.5. The number of aliphatic hydroxyl groups is 1. The van der Waals surface area contributed by atoms with Crippen LogP contribution < -0.4 is 0 Å². The van der Waals surface area contributed by atoms with E-state index in [1.54, 1.807) is 7.11 Å². The third-order valence-electron chi connectivity index (χ3n) is 9.84. The topological polar surface area (TPSA) is 55.8 Å². The van der Waals surface area contributed by atoms with Crippen molar-refractivity contribution in [3.05, 3.63) is 0 Å². The van der Waals surface area contributed by atoms with E-state index >= 15 is 0 Å². The van der Waals surface area contributed by atoms with Crippen molar-refractivity contribution in [2.75, 3.05) is 27.4 Å². The van der Waals surface area contributed by atoms with E-state index in [1.165, 1.54) is 32.1 Å². The fraction of sp³-hybridized carbons (Fsp3) is 0.960. The number of Topliss-reactive ketones (excluding diaryl/α,β-unsaturated/α-hetero) is 1. The summed E-state index contributed by atoms with van der Waals surface area (Å²) >= 11 is 0. The second-order valence-electron chi connectivity index (χ2n) is 11.0. The summed E-state index contributed by atoms with van der Waals surface area (Å²) in [4.78, 5) is 12.3. The molecular weight excluding hydrogens is 364 g/mol. The summed E-state index contributed by atoms with van der Waals surface area (Å²) in [6.45, 7) is 5.49. The van der Waals surface area contributed by atoms with E-state index in [0.717, 1.165) is 38.2 Å². The van der Waals surface area contributed by atoms with Crippen LogP contribution in [0.15, 0.2) is 0 Å². The highest BCUT2D eigenvalue weighted by Gasteiger charge is 2.63. The number of rotatable bonds is 5. The molecule has 4 aliphatic rings. The van der Waals surface area contributed by atoms with Gasteiger partial charge >= 0.3 is 0 Å². The lowest BCUT2D eigenvalue weighted by atomic mass is 9.43. The summed E-state index contributed by atoms with van der Waals surface area (Å²) in [7, 11) is 3.54. The molecule has 0 unspecified atom stereocenters. The molecule has 0 aromatic heterocycles. The Kier molecular flexibility index (Phi) is 6.60. The molecule has 4 rings (SSSR count). The molecule has 0 amide bonds. The number of ketones is 1. The van der Waals surface area contributed by atoms with Crippen LogP contribution in [-0.2, 0) is 14.3 Å². The average molecular weight is 409 g/mol. The average Bonchev–Trinajstić information content (AvgIpc) is 3.00. The van der Waals surface area contributed by atoms with E-state index in [0.29, 0.717) is 30.1 Å². The zero-order valence-electron chi connectivity index (χ0n) is 18.3. The summed E-state index contributed by atoms with van der Waals surface area (Å²) in [5.41, 5.74) is -0.257. The molecule has 1 N–H and O–H groups in total. The SMILES string of the molecule is C.COC[C@@]1(O)CC[C@@]2(COC)[C@H](CC[C@H]3[C@@H]4CC[C@H](C(C)=O)[C@@]4(C)CC[C@@H]32)C1. The van der Waals surface area contributed by atoms with Crippen molar-refractivity contribution in [2.24, 2.45) is 40.4 Å². The van der Waals surface area contributed by atoms with Gasteiger partial charge in [0.25, 0.3) is 0 Å². The maximum absolute atomic E-state index is 12.3.